The summed E-state index contributed by atoms with van der Waals surface area (Å²) in [6, 6.07) is 8.97. The third-order valence-corrected chi connectivity index (χ3v) is 5.15. The predicted molar refractivity (Wildman–Crippen MR) is 86.9 cm³/mol. The van der Waals surface area contributed by atoms with Crippen LogP contribution in [0.2, 0.25) is 0 Å². The number of hydrogen-bond acceptors (Lipinski definition) is 4. The highest BCUT2D eigenvalue weighted by Gasteiger charge is 2.26. The van der Waals surface area contributed by atoms with Gasteiger partial charge in [-0.25, -0.2) is 4.98 Å². The van der Waals surface area contributed by atoms with Crippen LogP contribution in [0.4, 0.5) is 0 Å². The lowest BCUT2D eigenvalue weighted by Gasteiger charge is -2.24. The molecule has 0 aliphatic carbocycles. The molecule has 1 aromatic carbocycles. The van der Waals surface area contributed by atoms with Crippen molar-refractivity contribution in [2.24, 2.45) is 0 Å². The molecule has 2 aromatic rings. The number of rotatable bonds is 5. The fourth-order valence-electron chi connectivity index (χ4n) is 3.03. The van der Waals surface area contributed by atoms with Crippen LogP contribution in [0, 0.1) is 0 Å². The van der Waals surface area contributed by atoms with Crippen molar-refractivity contribution in [2.45, 2.75) is 38.8 Å². The monoisotopic (exact) mass is 302 g/mol. The fourth-order valence-corrected chi connectivity index (χ4v) is 3.77. The summed E-state index contributed by atoms with van der Waals surface area (Å²) in [5.74, 6) is 0.946. The fraction of sp³-hybridized carbons (Fsp3) is 0.471. The number of likely N-dealkylation sites (tertiary alicyclic amines) is 1. The van der Waals surface area contributed by atoms with Crippen molar-refractivity contribution in [3.63, 3.8) is 0 Å². The zero-order valence-corrected chi connectivity index (χ0v) is 13.5. The molecule has 1 aliphatic heterocycles. The molecule has 1 unspecified atom stereocenters. The van der Waals surface area contributed by atoms with Crippen LogP contribution in [0.25, 0.3) is 0 Å². The van der Waals surface area contributed by atoms with E-state index in [-0.39, 0.29) is 0 Å². The highest BCUT2D eigenvalue weighted by molar-refractivity contribution is 7.09. The molecule has 112 valence electrons. The van der Waals surface area contributed by atoms with Gasteiger partial charge in [0.25, 0.3) is 0 Å². The molecule has 0 radical (unpaired) electrons. The molecule has 0 amide bonds. The summed E-state index contributed by atoms with van der Waals surface area (Å²) in [6.45, 7) is 4.27. The summed E-state index contributed by atoms with van der Waals surface area (Å²) in [5.41, 5.74) is 2.57. The van der Waals surface area contributed by atoms with Crippen LogP contribution >= 0.6 is 11.3 Å². The number of thiazole rings is 1. The Balaban J connectivity index is 1.75. The topological polar surface area (TPSA) is 25.4 Å². The molecule has 0 saturated carbocycles. The molecule has 1 aliphatic rings. The van der Waals surface area contributed by atoms with Crippen molar-refractivity contribution >= 4 is 11.3 Å². The minimum Gasteiger partial charge on any atom is -0.497 e. The largest absolute Gasteiger partial charge is 0.497 e. The van der Waals surface area contributed by atoms with Crippen molar-refractivity contribution in [2.75, 3.05) is 13.7 Å². The summed E-state index contributed by atoms with van der Waals surface area (Å²) >= 11 is 1.78. The highest BCUT2D eigenvalue weighted by Crippen LogP contribution is 2.34. The van der Waals surface area contributed by atoms with E-state index in [1.807, 2.05) is 6.07 Å². The number of ether oxygens (including phenoxy) is 1. The van der Waals surface area contributed by atoms with Crippen molar-refractivity contribution in [3.05, 3.63) is 45.9 Å². The van der Waals surface area contributed by atoms with Crippen molar-refractivity contribution in [3.8, 4) is 5.75 Å². The van der Waals surface area contributed by atoms with Crippen molar-refractivity contribution in [1.29, 1.82) is 0 Å². The van der Waals surface area contributed by atoms with Crippen LogP contribution in [-0.4, -0.2) is 23.5 Å². The molecular weight excluding hydrogens is 280 g/mol. The van der Waals surface area contributed by atoms with Gasteiger partial charge < -0.3 is 4.74 Å². The second-order valence-corrected chi connectivity index (χ2v) is 6.43. The SMILES string of the molecule is CCc1nc(CN2CCCC2c2cccc(OC)c2)cs1. The Morgan fingerprint density at radius 3 is 3.10 bits per heavy atom. The molecule has 3 rings (SSSR count). The minimum absolute atomic E-state index is 0.492. The summed E-state index contributed by atoms with van der Waals surface area (Å²) in [5, 5.41) is 3.45. The maximum Gasteiger partial charge on any atom is 0.119 e. The van der Waals surface area contributed by atoms with Gasteiger partial charge in [-0.15, -0.1) is 11.3 Å². The normalized spacial score (nSPS) is 19.0. The molecule has 0 N–H and O–H groups in total. The first-order valence-electron chi connectivity index (χ1n) is 7.61. The Bertz CT molecular complexity index is 596. The second-order valence-electron chi connectivity index (χ2n) is 5.49. The minimum atomic E-state index is 0.492. The van der Waals surface area contributed by atoms with E-state index in [0.29, 0.717) is 6.04 Å². The van der Waals surface area contributed by atoms with Gasteiger partial charge in [0.15, 0.2) is 0 Å². The Morgan fingerprint density at radius 1 is 1.43 bits per heavy atom. The highest BCUT2D eigenvalue weighted by atomic mass is 32.1. The Morgan fingerprint density at radius 2 is 2.33 bits per heavy atom. The van der Waals surface area contributed by atoms with E-state index in [9.17, 15) is 0 Å². The van der Waals surface area contributed by atoms with Gasteiger partial charge in [0.2, 0.25) is 0 Å². The van der Waals surface area contributed by atoms with Gasteiger partial charge >= 0.3 is 0 Å². The smallest absolute Gasteiger partial charge is 0.119 e. The van der Waals surface area contributed by atoms with Gasteiger partial charge in [0, 0.05) is 18.0 Å². The average molecular weight is 302 g/mol. The number of hydrogen-bond donors (Lipinski definition) is 0. The molecule has 3 nitrogen and oxygen atoms in total. The van der Waals surface area contributed by atoms with Crippen LogP contribution in [0.15, 0.2) is 29.6 Å². The molecule has 2 heterocycles. The van der Waals surface area contributed by atoms with Gasteiger partial charge in [-0.3, -0.25) is 4.90 Å². The van der Waals surface area contributed by atoms with Crippen LogP contribution in [-0.2, 0) is 13.0 Å². The lowest BCUT2D eigenvalue weighted by atomic mass is 10.0. The zero-order chi connectivity index (χ0) is 14.7. The third-order valence-electron chi connectivity index (χ3n) is 4.11. The molecule has 1 saturated heterocycles. The maximum atomic E-state index is 5.36. The summed E-state index contributed by atoms with van der Waals surface area (Å²) in [7, 11) is 1.73. The number of aryl methyl sites for hydroxylation is 1. The van der Waals surface area contributed by atoms with E-state index >= 15 is 0 Å². The van der Waals surface area contributed by atoms with Crippen LogP contribution < -0.4 is 4.74 Å². The molecule has 0 bridgehead atoms. The van der Waals surface area contributed by atoms with Gasteiger partial charge in [-0.1, -0.05) is 19.1 Å². The van der Waals surface area contributed by atoms with E-state index in [0.717, 1.165) is 25.3 Å². The first-order valence-corrected chi connectivity index (χ1v) is 8.49. The lowest BCUT2D eigenvalue weighted by molar-refractivity contribution is 0.245. The Labute approximate surface area is 130 Å². The summed E-state index contributed by atoms with van der Waals surface area (Å²) in [4.78, 5) is 7.25. The number of benzene rings is 1. The van der Waals surface area contributed by atoms with E-state index in [1.54, 1.807) is 18.4 Å². The van der Waals surface area contributed by atoms with E-state index in [1.165, 1.54) is 29.1 Å². The molecule has 1 fully saturated rings. The average Bonchev–Trinajstić information content (AvgIpc) is 3.17. The third kappa shape index (κ3) is 3.27. The standard InChI is InChI=1S/C17H22N2OS/c1-3-17-18-14(12-21-17)11-19-9-5-8-16(19)13-6-4-7-15(10-13)20-2/h4,6-7,10,12,16H,3,5,8-9,11H2,1-2H3. The predicted octanol–water partition coefficient (Wildman–Crippen LogP) is 4.05. The van der Waals surface area contributed by atoms with Gasteiger partial charge in [-0.05, 0) is 43.5 Å². The van der Waals surface area contributed by atoms with E-state index in [2.05, 4.69) is 35.4 Å². The molecule has 1 aromatic heterocycles. The van der Waals surface area contributed by atoms with Crippen LogP contribution in [0.1, 0.15) is 42.1 Å². The number of aromatic nitrogens is 1. The molecule has 1 atom stereocenters. The Kier molecular flexibility index (Phi) is 4.56. The quantitative estimate of drug-likeness (QED) is 0.833. The van der Waals surface area contributed by atoms with Crippen molar-refractivity contribution < 1.29 is 4.74 Å². The summed E-state index contributed by atoms with van der Waals surface area (Å²) in [6.07, 6.45) is 3.51. The Hall–Kier alpha value is -1.39. The molecule has 21 heavy (non-hydrogen) atoms. The van der Waals surface area contributed by atoms with Crippen molar-refractivity contribution in [1.82, 2.24) is 9.88 Å². The zero-order valence-electron chi connectivity index (χ0n) is 12.7. The molecular formula is C17H22N2OS. The van der Waals surface area contributed by atoms with Gasteiger partial charge in [0.1, 0.15) is 5.75 Å². The van der Waals surface area contributed by atoms with Crippen LogP contribution in [0.5, 0.6) is 5.75 Å². The number of methoxy groups -OCH3 is 1. The number of nitrogens with zero attached hydrogens (tertiary/aromatic N) is 2. The molecule has 0 spiro atoms. The van der Waals surface area contributed by atoms with Crippen LogP contribution in [0.3, 0.4) is 0 Å². The molecule has 4 heteroatoms. The first-order chi connectivity index (χ1) is 10.3. The van der Waals surface area contributed by atoms with E-state index < -0.39 is 0 Å². The second kappa shape index (κ2) is 6.58. The van der Waals surface area contributed by atoms with Gasteiger partial charge in [-0.2, -0.15) is 0 Å². The lowest BCUT2D eigenvalue weighted by Crippen LogP contribution is -2.23. The first kappa shape index (κ1) is 14.5. The summed E-state index contributed by atoms with van der Waals surface area (Å²) < 4.78 is 5.36. The van der Waals surface area contributed by atoms with Gasteiger partial charge in [0.05, 0.1) is 17.8 Å². The van der Waals surface area contributed by atoms with E-state index in [4.69, 9.17) is 9.72 Å². The maximum absolute atomic E-state index is 5.36.